The Labute approximate surface area is 284 Å². The first kappa shape index (κ1) is 33.2. The number of ether oxygens (including phenoxy) is 4. The van der Waals surface area contributed by atoms with Crippen molar-refractivity contribution in [3.05, 3.63) is 100 Å². The molecule has 0 amide bonds. The van der Waals surface area contributed by atoms with Gasteiger partial charge in [0.2, 0.25) is 0 Å². The number of rotatable bonds is 11. The fraction of sp³-hybridized carbons (Fsp3) is 0.324. The van der Waals surface area contributed by atoms with E-state index < -0.39 is 11.8 Å². The van der Waals surface area contributed by atoms with Gasteiger partial charge in [-0.05, 0) is 80.1 Å². The highest BCUT2D eigenvalue weighted by atomic mass is 35.5. The number of fused-ring (bicyclic) bond motifs is 1. The van der Waals surface area contributed by atoms with Crippen molar-refractivity contribution in [1.29, 1.82) is 0 Å². The minimum Gasteiger partial charge on any atom is -0.497 e. The van der Waals surface area contributed by atoms with Crippen molar-refractivity contribution in [3.63, 3.8) is 0 Å². The number of esters is 1. The maximum Gasteiger partial charge on any atom is 0.343 e. The summed E-state index contributed by atoms with van der Waals surface area (Å²) in [6.45, 7) is 4.82. The van der Waals surface area contributed by atoms with Crippen molar-refractivity contribution in [1.82, 2.24) is 14.8 Å². The number of carbonyl (C=O) groups excluding carboxylic acids is 1. The van der Waals surface area contributed by atoms with Crippen LogP contribution in [-0.2, 0) is 22.6 Å². The number of benzene rings is 3. The number of halogens is 2. The molecule has 1 aliphatic heterocycles. The Kier molecular flexibility index (Phi) is 10.1. The maximum absolute atomic E-state index is 17.1. The number of aromatic nitrogens is 3. The zero-order valence-corrected chi connectivity index (χ0v) is 28.2. The molecule has 11 heteroatoms. The molecule has 3 heterocycles. The van der Waals surface area contributed by atoms with Gasteiger partial charge in [-0.2, -0.15) is 5.10 Å². The number of nitrogens with zero attached hydrogens (tertiary/aromatic N) is 4. The number of hydrogen-bond donors (Lipinski definition) is 0. The van der Waals surface area contributed by atoms with Crippen LogP contribution in [0.2, 0.25) is 5.15 Å². The third kappa shape index (κ3) is 6.68. The second-order valence-electron chi connectivity index (χ2n) is 11.7. The highest BCUT2D eigenvalue weighted by molar-refractivity contribution is 6.33. The van der Waals surface area contributed by atoms with Gasteiger partial charge in [-0.25, -0.2) is 18.9 Å². The van der Waals surface area contributed by atoms with Crippen molar-refractivity contribution in [2.45, 2.75) is 52.4 Å². The molecule has 5 aromatic rings. The number of hydrogen-bond acceptors (Lipinski definition) is 8. The van der Waals surface area contributed by atoms with E-state index in [2.05, 4.69) is 10.1 Å². The molecule has 0 N–H and O–H groups in total. The molecule has 48 heavy (non-hydrogen) atoms. The number of pyridine rings is 1. The quantitative estimate of drug-likeness (QED) is 0.102. The van der Waals surface area contributed by atoms with Gasteiger partial charge >= 0.3 is 5.97 Å². The first-order chi connectivity index (χ1) is 23.3. The van der Waals surface area contributed by atoms with Crippen LogP contribution in [0.3, 0.4) is 0 Å². The monoisotopic (exact) mass is 672 g/mol. The molecule has 0 bridgehead atoms. The van der Waals surface area contributed by atoms with E-state index in [1.54, 1.807) is 27.3 Å². The summed E-state index contributed by atoms with van der Waals surface area (Å²) in [5.74, 6) is -0.253. The largest absolute Gasteiger partial charge is 0.497 e. The Balaban J connectivity index is 1.51. The molecule has 2 aromatic heterocycles. The summed E-state index contributed by atoms with van der Waals surface area (Å²) in [5, 5.41) is 5.29. The van der Waals surface area contributed by atoms with Gasteiger partial charge < -0.3 is 23.8 Å². The standard InChI is InChI=1S/C37H38ClFN4O5/c1-5-47-37(44)32-33(39)34(31-23(2)9-18-29-28(31)20-40-43(29)30-8-6-7-19-48-30)41-36(38)35(32)42(21-24-10-14-26(45-3)15-11-24)22-25-12-16-27(46-4)17-13-25/h9-18,20,30H,5-8,19,21-22H2,1-4H3. The van der Waals surface area contributed by atoms with Crippen LogP contribution in [0.1, 0.15) is 59.5 Å². The summed E-state index contributed by atoms with van der Waals surface area (Å²) in [4.78, 5) is 20.2. The van der Waals surface area contributed by atoms with Crippen LogP contribution >= 0.6 is 11.6 Å². The number of aryl methyl sites for hydroxylation is 1. The van der Waals surface area contributed by atoms with Crippen LogP contribution in [0, 0.1) is 12.7 Å². The van der Waals surface area contributed by atoms with Gasteiger partial charge in [0.1, 0.15) is 22.8 Å². The third-order valence-corrected chi connectivity index (χ3v) is 8.85. The van der Waals surface area contributed by atoms with Gasteiger partial charge in [-0.15, -0.1) is 0 Å². The Morgan fingerprint density at radius 2 is 1.65 bits per heavy atom. The van der Waals surface area contributed by atoms with E-state index in [9.17, 15) is 4.79 Å². The van der Waals surface area contributed by atoms with Crippen molar-refractivity contribution >= 4 is 34.2 Å². The van der Waals surface area contributed by atoms with Crippen molar-refractivity contribution in [2.24, 2.45) is 0 Å². The van der Waals surface area contributed by atoms with Crippen molar-refractivity contribution in [2.75, 3.05) is 32.3 Å². The molecule has 1 aliphatic rings. The van der Waals surface area contributed by atoms with Crippen molar-refractivity contribution in [3.8, 4) is 22.8 Å². The fourth-order valence-electron chi connectivity index (χ4n) is 6.18. The van der Waals surface area contributed by atoms with Gasteiger partial charge in [-0.1, -0.05) is 41.9 Å². The van der Waals surface area contributed by atoms with E-state index in [-0.39, 0.29) is 48.0 Å². The Morgan fingerprint density at radius 1 is 1.00 bits per heavy atom. The fourth-order valence-corrected chi connectivity index (χ4v) is 6.48. The molecule has 1 unspecified atom stereocenters. The molecule has 6 rings (SSSR count). The highest BCUT2D eigenvalue weighted by Crippen LogP contribution is 2.41. The van der Waals surface area contributed by atoms with E-state index in [4.69, 9.17) is 30.5 Å². The van der Waals surface area contributed by atoms with E-state index in [0.717, 1.165) is 41.5 Å². The zero-order valence-electron chi connectivity index (χ0n) is 27.5. The molecule has 1 fully saturated rings. The van der Waals surface area contributed by atoms with Crippen molar-refractivity contribution < 1.29 is 28.1 Å². The van der Waals surface area contributed by atoms with Crippen LogP contribution < -0.4 is 14.4 Å². The topological polar surface area (TPSA) is 87.9 Å². The van der Waals surface area contributed by atoms with E-state index >= 15 is 4.39 Å². The minimum atomic E-state index is -0.832. The molecule has 0 saturated carbocycles. The third-order valence-electron chi connectivity index (χ3n) is 8.58. The molecule has 0 spiro atoms. The molecular formula is C37H38ClFN4O5. The molecule has 1 saturated heterocycles. The smallest absolute Gasteiger partial charge is 0.343 e. The summed E-state index contributed by atoms with van der Waals surface area (Å²) in [6, 6.07) is 18.9. The number of carbonyl (C=O) groups is 1. The van der Waals surface area contributed by atoms with Crippen LogP contribution in [0.5, 0.6) is 11.5 Å². The second kappa shape index (κ2) is 14.6. The van der Waals surface area contributed by atoms with Gasteiger partial charge in [0.25, 0.3) is 0 Å². The highest BCUT2D eigenvalue weighted by Gasteiger charge is 2.31. The Bertz CT molecular complexity index is 1860. The summed E-state index contributed by atoms with van der Waals surface area (Å²) in [5.41, 5.74) is 3.62. The minimum absolute atomic E-state index is 0.0316. The lowest BCUT2D eigenvalue weighted by Gasteiger charge is -2.28. The summed E-state index contributed by atoms with van der Waals surface area (Å²) < 4.78 is 41.1. The maximum atomic E-state index is 17.1. The second-order valence-corrected chi connectivity index (χ2v) is 12.0. The molecule has 1 atom stereocenters. The van der Waals surface area contributed by atoms with Crippen LogP contribution in [0.15, 0.2) is 66.9 Å². The summed E-state index contributed by atoms with van der Waals surface area (Å²) in [6.07, 6.45) is 4.35. The van der Waals surface area contributed by atoms with E-state index in [0.29, 0.717) is 29.1 Å². The first-order valence-electron chi connectivity index (χ1n) is 16.0. The molecule has 0 aliphatic carbocycles. The Hall–Kier alpha value is -4.67. The lowest BCUT2D eigenvalue weighted by Crippen LogP contribution is -2.26. The first-order valence-corrected chi connectivity index (χ1v) is 16.4. The average molecular weight is 673 g/mol. The number of anilines is 1. The van der Waals surface area contributed by atoms with E-state index in [1.807, 2.05) is 77.2 Å². The molecule has 3 aromatic carbocycles. The molecule has 0 radical (unpaired) electrons. The average Bonchev–Trinajstić information content (AvgIpc) is 3.54. The Morgan fingerprint density at radius 3 is 2.21 bits per heavy atom. The predicted octanol–water partition coefficient (Wildman–Crippen LogP) is 8.30. The van der Waals surface area contributed by atoms with Crippen LogP contribution in [0.4, 0.5) is 10.1 Å². The van der Waals surface area contributed by atoms with Gasteiger partial charge in [-0.3, -0.25) is 0 Å². The lowest BCUT2D eigenvalue weighted by atomic mass is 9.98. The molecule has 9 nitrogen and oxygen atoms in total. The van der Waals surface area contributed by atoms with E-state index in [1.165, 1.54) is 0 Å². The molecular weight excluding hydrogens is 635 g/mol. The van der Waals surface area contributed by atoms with Crippen LogP contribution in [-0.4, -0.2) is 48.2 Å². The van der Waals surface area contributed by atoms with Gasteiger partial charge in [0.05, 0.1) is 38.2 Å². The normalized spacial score (nSPS) is 14.6. The summed E-state index contributed by atoms with van der Waals surface area (Å²) >= 11 is 7.05. The predicted molar refractivity (Wildman–Crippen MR) is 183 cm³/mol. The van der Waals surface area contributed by atoms with Gasteiger partial charge in [0.15, 0.2) is 17.2 Å². The van der Waals surface area contributed by atoms with Crippen LogP contribution in [0.25, 0.3) is 22.2 Å². The lowest BCUT2D eigenvalue weighted by molar-refractivity contribution is -0.0366. The zero-order chi connectivity index (χ0) is 33.8. The SMILES string of the molecule is CCOC(=O)c1c(F)c(-c2c(C)ccc3c2cnn3C2CCCCO2)nc(Cl)c1N(Cc1ccc(OC)cc1)Cc1ccc(OC)cc1. The number of methoxy groups -OCH3 is 2. The summed E-state index contributed by atoms with van der Waals surface area (Å²) in [7, 11) is 3.20. The van der Waals surface area contributed by atoms with Gasteiger partial charge in [0, 0.05) is 30.6 Å². The molecule has 250 valence electrons.